The van der Waals surface area contributed by atoms with Crippen LogP contribution in [0.25, 0.3) is 0 Å². The highest BCUT2D eigenvalue weighted by molar-refractivity contribution is 6.30. The Hall–Kier alpha value is -1.62. The first-order valence-corrected chi connectivity index (χ1v) is 5.53. The van der Waals surface area contributed by atoms with Crippen LogP contribution in [0.3, 0.4) is 0 Å². The van der Waals surface area contributed by atoms with Crippen molar-refractivity contribution < 1.29 is 14.5 Å². The largest absolute Gasteiger partial charge is 0.465 e. The minimum absolute atomic E-state index is 0.0394. The Labute approximate surface area is 103 Å². The second-order valence-electron chi connectivity index (χ2n) is 3.31. The number of ether oxygens (including phenoxy) is 1. The van der Waals surface area contributed by atoms with Crippen molar-refractivity contribution in [2.75, 3.05) is 6.61 Å². The van der Waals surface area contributed by atoms with Gasteiger partial charge in [-0.05, 0) is 6.92 Å². The Balaban J connectivity index is 2.81. The SMILES string of the molecule is CCOC(=O)[C@@H](Cl)Cc1ccccc1[N+](=O)[O-]. The fraction of sp³-hybridized carbons (Fsp3) is 0.364. The Bertz CT molecular complexity index is 422. The van der Waals surface area contributed by atoms with E-state index >= 15 is 0 Å². The van der Waals surface area contributed by atoms with Gasteiger partial charge in [-0.3, -0.25) is 14.9 Å². The minimum Gasteiger partial charge on any atom is -0.465 e. The van der Waals surface area contributed by atoms with Crippen LogP contribution in [0.4, 0.5) is 5.69 Å². The maximum atomic E-state index is 11.3. The molecule has 0 aromatic heterocycles. The average molecular weight is 258 g/mol. The molecule has 0 unspecified atom stereocenters. The Morgan fingerprint density at radius 3 is 2.76 bits per heavy atom. The molecule has 5 nitrogen and oxygen atoms in total. The normalized spacial score (nSPS) is 11.9. The first-order valence-electron chi connectivity index (χ1n) is 5.09. The molecular formula is C11H12ClNO4. The van der Waals surface area contributed by atoms with Gasteiger partial charge in [0.15, 0.2) is 0 Å². The van der Waals surface area contributed by atoms with Gasteiger partial charge < -0.3 is 4.74 Å². The van der Waals surface area contributed by atoms with Gasteiger partial charge in [0.25, 0.3) is 5.69 Å². The highest BCUT2D eigenvalue weighted by Gasteiger charge is 2.21. The van der Waals surface area contributed by atoms with Crippen molar-refractivity contribution in [3.8, 4) is 0 Å². The number of hydrogen-bond acceptors (Lipinski definition) is 4. The number of nitro benzene ring substituents is 1. The summed E-state index contributed by atoms with van der Waals surface area (Å²) in [7, 11) is 0. The topological polar surface area (TPSA) is 69.4 Å². The second-order valence-corrected chi connectivity index (χ2v) is 3.84. The van der Waals surface area contributed by atoms with E-state index in [-0.39, 0.29) is 18.7 Å². The van der Waals surface area contributed by atoms with E-state index in [0.29, 0.717) is 5.56 Å². The molecule has 1 aromatic rings. The number of alkyl halides is 1. The third kappa shape index (κ3) is 3.71. The van der Waals surface area contributed by atoms with Crippen LogP contribution >= 0.6 is 11.6 Å². The molecule has 0 N–H and O–H groups in total. The molecule has 92 valence electrons. The number of hydrogen-bond donors (Lipinski definition) is 0. The summed E-state index contributed by atoms with van der Waals surface area (Å²) < 4.78 is 4.74. The molecule has 17 heavy (non-hydrogen) atoms. The molecule has 0 aliphatic heterocycles. The third-order valence-electron chi connectivity index (χ3n) is 2.13. The number of carbonyl (C=O) groups excluding carboxylic acids is 1. The molecular weight excluding hydrogens is 246 g/mol. The van der Waals surface area contributed by atoms with Gasteiger partial charge in [-0.15, -0.1) is 11.6 Å². The first-order chi connectivity index (χ1) is 8.06. The maximum absolute atomic E-state index is 11.3. The fourth-order valence-corrected chi connectivity index (χ4v) is 1.60. The van der Waals surface area contributed by atoms with Gasteiger partial charge in [-0.2, -0.15) is 0 Å². The number of carbonyl (C=O) groups is 1. The van der Waals surface area contributed by atoms with Crippen LogP contribution in [-0.2, 0) is 16.0 Å². The van der Waals surface area contributed by atoms with Crippen molar-refractivity contribution in [2.45, 2.75) is 18.7 Å². The van der Waals surface area contributed by atoms with E-state index in [0.717, 1.165) is 0 Å². The Morgan fingerprint density at radius 1 is 1.53 bits per heavy atom. The number of halogens is 1. The van der Waals surface area contributed by atoms with E-state index in [9.17, 15) is 14.9 Å². The lowest BCUT2D eigenvalue weighted by molar-refractivity contribution is -0.385. The van der Waals surface area contributed by atoms with Gasteiger partial charge in [-0.25, -0.2) is 0 Å². The van der Waals surface area contributed by atoms with Crippen LogP contribution in [0.2, 0.25) is 0 Å². The number of esters is 1. The average Bonchev–Trinajstić information content (AvgIpc) is 2.29. The van der Waals surface area contributed by atoms with Gasteiger partial charge in [0, 0.05) is 18.1 Å². The van der Waals surface area contributed by atoms with Gasteiger partial charge in [-0.1, -0.05) is 18.2 Å². The predicted octanol–water partition coefficient (Wildman–Crippen LogP) is 2.31. The number of nitro groups is 1. The van der Waals surface area contributed by atoms with Crippen LogP contribution in [0.15, 0.2) is 24.3 Å². The smallest absolute Gasteiger partial charge is 0.324 e. The van der Waals surface area contributed by atoms with E-state index in [1.54, 1.807) is 25.1 Å². The fourth-order valence-electron chi connectivity index (χ4n) is 1.37. The minimum atomic E-state index is -0.906. The van der Waals surface area contributed by atoms with Gasteiger partial charge in [0.05, 0.1) is 11.5 Å². The van der Waals surface area contributed by atoms with E-state index in [1.807, 2.05) is 0 Å². The second kappa shape index (κ2) is 6.20. The summed E-state index contributed by atoms with van der Waals surface area (Å²) in [5.74, 6) is -0.563. The standard InChI is InChI=1S/C11H12ClNO4/c1-2-17-11(14)9(12)7-8-5-3-4-6-10(8)13(15)16/h3-6,9H,2,7H2,1H3/t9-/m0/s1. The molecule has 0 bridgehead atoms. The lowest BCUT2D eigenvalue weighted by Gasteiger charge is -2.08. The van der Waals surface area contributed by atoms with E-state index in [2.05, 4.69) is 0 Å². The maximum Gasteiger partial charge on any atom is 0.324 e. The Morgan fingerprint density at radius 2 is 2.18 bits per heavy atom. The molecule has 0 saturated heterocycles. The van der Waals surface area contributed by atoms with Gasteiger partial charge >= 0.3 is 5.97 Å². The molecule has 0 saturated carbocycles. The molecule has 0 radical (unpaired) electrons. The lowest BCUT2D eigenvalue weighted by Crippen LogP contribution is -2.20. The van der Waals surface area contributed by atoms with Crippen molar-refractivity contribution in [3.63, 3.8) is 0 Å². The zero-order valence-corrected chi connectivity index (χ0v) is 10.0. The summed E-state index contributed by atoms with van der Waals surface area (Å²) in [6.45, 7) is 1.91. The van der Waals surface area contributed by atoms with Crippen LogP contribution in [0.1, 0.15) is 12.5 Å². The molecule has 0 aliphatic rings. The summed E-state index contributed by atoms with van der Waals surface area (Å²) >= 11 is 5.82. The van der Waals surface area contributed by atoms with Crippen molar-refractivity contribution in [1.82, 2.24) is 0 Å². The van der Waals surface area contributed by atoms with E-state index in [1.165, 1.54) is 6.07 Å². The van der Waals surface area contributed by atoms with Crippen molar-refractivity contribution in [1.29, 1.82) is 0 Å². The summed E-state index contributed by atoms with van der Waals surface area (Å²) in [4.78, 5) is 21.6. The molecule has 1 aromatic carbocycles. The zero-order valence-electron chi connectivity index (χ0n) is 9.26. The quantitative estimate of drug-likeness (QED) is 0.351. The van der Waals surface area contributed by atoms with Crippen LogP contribution in [0.5, 0.6) is 0 Å². The number of nitrogens with zero attached hydrogens (tertiary/aromatic N) is 1. The molecule has 1 rings (SSSR count). The highest BCUT2D eigenvalue weighted by Crippen LogP contribution is 2.21. The van der Waals surface area contributed by atoms with Crippen LogP contribution in [-0.4, -0.2) is 22.9 Å². The molecule has 0 heterocycles. The Kier molecular flexibility index (Phi) is 4.90. The van der Waals surface area contributed by atoms with Gasteiger partial charge in [0.1, 0.15) is 5.38 Å². The number of rotatable bonds is 5. The van der Waals surface area contributed by atoms with Gasteiger partial charge in [0.2, 0.25) is 0 Å². The predicted molar refractivity (Wildman–Crippen MR) is 63.1 cm³/mol. The molecule has 6 heteroatoms. The van der Waals surface area contributed by atoms with Crippen molar-refractivity contribution >= 4 is 23.3 Å². The zero-order chi connectivity index (χ0) is 12.8. The lowest BCUT2D eigenvalue weighted by atomic mass is 10.1. The molecule has 0 aliphatic carbocycles. The van der Waals surface area contributed by atoms with E-state index in [4.69, 9.17) is 16.3 Å². The molecule has 0 amide bonds. The first kappa shape index (κ1) is 13.4. The molecule has 0 spiro atoms. The van der Waals surface area contributed by atoms with Crippen molar-refractivity contribution in [2.24, 2.45) is 0 Å². The molecule has 1 atom stereocenters. The van der Waals surface area contributed by atoms with E-state index < -0.39 is 16.3 Å². The number of benzene rings is 1. The summed E-state index contributed by atoms with van der Waals surface area (Å²) in [6, 6.07) is 6.18. The summed E-state index contributed by atoms with van der Waals surface area (Å²) in [5.41, 5.74) is 0.382. The third-order valence-corrected chi connectivity index (χ3v) is 2.46. The highest BCUT2D eigenvalue weighted by atomic mass is 35.5. The summed E-state index contributed by atoms with van der Waals surface area (Å²) in [6.07, 6.45) is 0.0809. The summed E-state index contributed by atoms with van der Waals surface area (Å²) in [5, 5.41) is 9.84. The van der Waals surface area contributed by atoms with Crippen LogP contribution < -0.4 is 0 Å². The monoisotopic (exact) mass is 257 g/mol. The van der Waals surface area contributed by atoms with Crippen molar-refractivity contribution in [3.05, 3.63) is 39.9 Å². The molecule has 0 fully saturated rings. The number of para-hydroxylation sites is 1. The van der Waals surface area contributed by atoms with Crippen LogP contribution in [0, 0.1) is 10.1 Å².